The van der Waals surface area contributed by atoms with Crippen LogP contribution in [0.2, 0.25) is 0 Å². The van der Waals surface area contributed by atoms with Gasteiger partial charge in [0.1, 0.15) is 51.3 Å². The molecule has 1 aliphatic carbocycles. The minimum absolute atomic E-state index is 0.230. The van der Waals surface area contributed by atoms with Crippen molar-refractivity contribution in [1.29, 1.82) is 0 Å². The molecule has 1 saturated carbocycles. The number of hydrogen-bond acceptors (Lipinski definition) is 15. The van der Waals surface area contributed by atoms with E-state index in [4.69, 9.17) is 81.2 Å². The molecule has 0 atom stereocenters. The molecule has 0 heterocycles. The molecule has 0 bridgehead atoms. The van der Waals surface area contributed by atoms with Crippen molar-refractivity contribution in [3.63, 3.8) is 0 Å². The van der Waals surface area contributed by atoms with Crippen molar-refractivity contribution in [3.8, 4) is 109 Å². The summed E-state index contributed by atoms with van der Waals surface area (Å²) in [7, 11) is 0. The maximum absolute atomic E-state index is 15.2. The number of benzene rings is 3. The van der Waals surface area contributed by atoms with Crippen molar-refractivity contribution in [3.05, 3.63) is 69.8 Å². The Kier molecular flexibility index (Phi) is 41.7. The monoisotopic (exact) mass is 1490 g/mol. The van der Waals surface area contributed by atoms with Crippen molar-refractivity contribution in [2.75, 3.05) is 59.3 Å². The van der Waals surface area contributed by atoms with Crippen LogP contribution in [0.5, 0.6) is 34.5 Å². The van der Waals surface area contributed by atoms with E-state index < -0.39 is 70.9 Å². The highest BCUT2D eigenvalue weighted by Gasteiger charge is 2.34. The van der Waals surface area contributed by atoms with Gasteiger partial charge in [-0.1, -0.05) is 0 Å². The fourth-order valence-electron chi connectivity index (χ4n) is 11.6. The smallest absolute Gasteiger partial charge is 0.407 e. The molecule has 3 aromatic rings. The quantitative estimate of drug-likeness (QED) is 0.0175. The summed E-state index contributed by atoms with van der Waals surface area (Å²) in [6.07, 6.45) is 46.8. The van der Waals surface area contributed by atoms with Crippen LogP contribution in [-0.4, -0.2) is 130 Å². The molecular weight excluding hydrogens is 1370 g/mol. The molecule has 0 saturated heterocycles. The lowest BCUT2D eigenvalue weighted by atomic mass is 9.86. The molecule has 21 nitrogen and oxygen atoms in total. The minimum Gasteiger partial charge on any atom is -0.493 e. The second-order valence-corrected chi connectivity index (χ2v) is 29.7. The molecule has 1 aliphatic rings. The predicted molar refractivity (Wildman–Crippen MR) is 424 cm³/mol. The van der Waals surface area contributed by atoms with Gasteiger partial charge in [-0.3, -0.25) is 14.4 Å². The number of hydrogen-bond donors (Lipinski definition) is 6. The van der Waals surface area contributed by atoms with E-state index in [1.54, 1.807) is 98.7 Å². The third-order valence-electron chi connectivity index (χ3n) is 16.7. The SMILES string of the molecule is C#CCCCCOc1cc(C(=O)N[C@H]2C[C@@H](NC(=O)c3cc(OCCCCC#C)c(CCCNC(=O)OC(C)(C)C)c(OCCCCC#C)c3)C[C@@H](NC(=O)c3cc(OCCCCC#C)c(CCCNC(=O)OC(C)(C)C)c(OCCCCC#C)c3)C2)cc(OCCCCC#C)c1CCCNC(=O)OC(C)(C)C. The molecule has 108 heavy (non-hydrogen) atoms. The molecule has 0 aromatic heterocycles. The van der Waals surface area contributed by atoms with Gasteiger partial charge in [-0.2, -0.15) is 0 Å². The second kappa shape index (κ2) is 49.8. The van der Waals surface area contributed by atoms with E-state index in [1.165, 1.54) is 0 Å². The summed E-state index contributed by atoms with van der Waals surface area (Å²) in [5, 5.41) is 18.3. The fourth-order valence-corrected chi connectivity index (χ4v) is 11.6. The number of nitrogens with one attached hydrogen (secondary N) is 6. The van der Waals surface area contributed by atoms with Gasteiger partial charge in [-0.05, 0) is 234 Å². The van der Waals surface area contributed by atoms with Gasteiger partial charge < -0.3 is 74.5 Å². The molecule has 0 radical (unpaired) electrons. The Bertz CT molecular complexity index is 3080. The number of unbranched alkanes of at least 4 members (excludes halogenated alkanes) is 12. The second-order valence-electron chi connectivity index (χ2n) is 29.7. The molecule has 588 valence electrons. The number of amides is 6. The molecule has 0 spiro atoms. The maximum Gasteiger partial charge on any atom is 0.407 e. The number of ether oxygens (including phenoxy) is 9. The van der Waals surface area contributed by atoms with Gasteiger partial charge in [-0.25, -0.2) is 14.4 Å². The normalized spacial score (nSPS) is 13.9. The predicted octanol–water partition coefficient (Wildman–Crippen LogP) is 15.0. The Morgan fingerprint density at radius 1 is 0.324 bits per heavy atom. The van der Waals surface area contributed by atoms with Crippen molar-refractivity contribution in [1.82, 2.24) is 31.9 Å². The molecule has 0 unspecified atom stereocenters. The minimum atomic E-state index is -0.693. The largest absolute Gasteiger partial charge is 0.493 e. The Hall–Kier alpha value is -9.96. The number of alkyl carbamates (subject to hydrolysis) is 3. The van der Waals surface area contributed by atoms with Crippen molar-refractivity contribution < 1.29 is 71.4 Å². The first-order valence-corrected chi connectivity index (χ1v) is 38.4. The first kappa shape index (κ1) is 90.4. The highest BCUT2D eigenvalue weighted by atomic mass is 16.6. The Balaban J connectivity index is 1.89. The molecule has 4 rings (SSSR count). The van der Waals surface area contributed by atoms with E-state index in [0.29, 0.717) is 205 Å². The van der Waals surface area contributed by atoms with Gasteiger partial charge in [0, 0.05) is 110 Å². The molecule has 0 aliphatic heterocycles. The van der Waals surface area contributed by atoms with E-state index in [1.807, 2.05) is 0 Å². The summed E-state index contributed by atoms with van der Waals surface area (Å²) >= 11 is 0. The van der Waals surface area contributed by atoms with E-state index in [9.17, 15) is 14.4 Å². The van der Waals surface area contributed by atoms with Gasteiger partial charge in [-0.15, -0.1) is 74.1 Å². The number of carbonyl (C=O) groups excluding carboxylic acids is 6. The zero-order valence-electron chi connectivity index (χ0n) is 65.7. The number of terminal acetylenes is 6. The van der Waals surface area contributed by atoms with Crippen LogP contribution in [0.1, 0.15) is 264 Å². The zero-order chi connectivity index (χ0) is 79.2. The van der Waals surface area contributed by atoms with Crippen molar-refractivity contribution >= 4 is 36.0 Å². The highest BCUT2D eigenvalue weighted by molar-refractivity contribution is 5.97. The number of carbonyl (C=O) groups is 6. The third-order valence-corrected chi connectivity index (χ3v) is 16.7. The molecule has 3 aromatic carbocycles. The highest BCUT2D eigenvalue weighted by Crippen LogP contribution is 2.37. The maximum atomic E-state index is 15.2. The van der Waals surface area contributed by atoms with Gasteiger partial charge in [0.25, 0.3) is 17.7 Å². The Labute approximate surface area is 644 Å². The fraction of sp³-hybridized carbons (Fsp3) is 0.586. The van der Waals surface area contributed by atoms with E-state index in [-0.39, 0.29) is 95.2 Å². The van der Waals surface area contributed by atoms with E-state index in [0.717, 1.165) is 0 Å². The average Bonchev–Trinajstić information content (AvgIpc) is 0.814. The standard InChI is InChI=1S/C87H120N6O15/c1-16-22-28-34-49-100-73-55-64(56-74(101-50-35-29-23-17-2)70(73)43-40-46-88-82(97)106-85(7,8)9)79(94)91-67-61-68(92-80(95)65-57-75(102-51-36-30-24-18-3)71(76(58-65)103-52-37-31-25-19-4)44-41-47-89-83(98)107-86(10,11)12)63-69(62-67)93-81(96)66-59-77(104-53-38-32-26-20-5)72(78(60-66)105-54-39-33-27-21-6)45-42-48-90-84(99)108-87(13,14)15/h1-6,55-60,67-69H,22-54,61-63H2,7-15H3,(H,88,97)(H,89,98)(H,90,99)(H,91,94)(H,92,95)(H,93,96)/t67-,68+,69-. The summed E-state index contributed by atoms with van der Waals surface area (Å²) < 4.78 is 55.6. The molecule has 1 fully saturated rings. The lowest BCUT2D eigenvalue weighted by molar-refractivity contribution is 0.0515. The van der Waals surface area contributed by atoms with Crippen LogP contribution >= 0.6 is 0 Å². The molecule has 6 N–H and O–H groups in total. The van der Waals surface area contributed by atoms with Gasteiger partial charge in [0.15, 0.2) is 0 Å². The third kappa shape index (κ3) is 37.5. The van der Waals surface area contributed by atoms with Gasteiger partial charge >= 0.3 is 18.3 Å². The Morgan fingerprint density at radius 3 is 0.694 bits per heavy atom. The van der Waals surface area contributed by atoms with Crippen molar-refractivity contribution in [2.24, 2.45) is 0 Å². The lowest BCUT2D eigenvalue weighted by Crippen LogP contribution is -2.53. The van der Waals surface area contributed by atoms with Gasteiger partial charge in [0.05, 0.1) is 39.6 Å². The summed E-state index contributed by atoms with van der Waals surface area (Å²) in [4.78, 5) is 83.8. The van der Waals surface area contributed by atoms with Crippen LogP contribution in [0.4, 0.5) is 14.4 Å². The van der Waals surface area contributed by atoms with Crippen molar-refractivity contribution in [2.45, 2.75) is 271 Å². The topological polar surface area (TPSA) is 258 Å². The van der Waals surface area contributed by atoms with Crippen LogP contribution in [0.15, 0.2) is 36.4 Å². The van der Waals surface area contributed by atoms with Crippen LogP contribution in [0.3, 0.4) is 0 Å². The van der Waals surface area contributed by atoms with E-state index in [2.05, 4.69) is 67.4 Å². The van der Waals surface area contributed by atoms with Crippen LogP contribution < -0.4 is 60.3 Å². The van der Waals surface area contributed by atoms with Crippen LogP contribution in [-0.2, 0) is 33.5 Å². The van der Waals surface area contributed by atoms with E-state index >= 15 is 14.4 Å². The summed E-state index contributed by atoms with van der Waals surface area (Å²) in [5.41, 5.74) is 0.711. The first-order chi connectivity index (χ1) is 51.7. The Morgan fingerprint density at radius 2 is 0.519 bits per heavy atom. The lowest BCUT2D eigenvalue weighted by Gasteiger charge is -2.36. The average molecular weight is 1490 g/mol. The first-order valence-electron chi connectivity index (χ1n) is 38.4. The summed E-state index contributed by atoms with van der Waals surface area (Å²) in [6, 6.07) is 8.15. The summed E-state index contributed by atoms with van der Waals surface area (Å²) in [6.45, 7) is 18.7. The molecule has 21 heteroatoms. The van der Waals surface area contributed by atoms with Gasteiger partial charge in [0.2, 0.25) is 0 Å². The van der Waals surface area contributed by atoms with Crippen LogP contribution in [0.25, 0.3) is 0 Å². The summed E-state index contributed by atoms with van der Waals surface area (Å²) in [5.74, 6) is 17.2. The number of rotatable bonds is 48. The molecule has 6 amide bonds. The zero-order valence-corrected chi connectivity index (χ0v) is 65.7. The molecular formula is C87H120N6O15. The van der Waals surface area contributed by atoms with Crippen LogP contribution in [0, 0.1) is 74.1 Å².